The van der Waals surface area contributed by atoms with Gasteiger partial charge >= 0.3 is 0 Å². The van der Waals surface area contributed by atoms with Gasteiger partial charge in [-0.2, -0.15) is 0 Å². The Bertz CT molecular complexity index is 688. The first-order valence-corrected chi connectivity index (χ1v) is 7.62. The summed E-state index contributed by atoms with van der Waals surface area (Å²) in [5, 5.41) is 0.560. The molecule has 2 aromatic rings. The lowest BCUT2D eigenvalue weighted by molar-refractivity contribution is 0.0783. The quantitative estimate of drug-likeness (QED) is 0.773. The molecule has 0 atom stereocenters. The number of amides is 1. The van der Waals surface area contributed by atoms with Crippen molar-refractivity contribution < 1.29 is 13.9 Å². The Morgan fingerprint density at radius 3 is 2.68 bits per heavy atom. The molecule has 0 saturated carbocycles. The fraction of sp³-hybridized carbons (Fsp3) is 0.188. The number of carbonyl (C=O) groups is 1. The average molecular weight is 387 g/mol. The molecular weight excluding hydrogens is 373 g/mol. The Kier molecular flexibility index (Phi) is 5.42. The smallest absolute Gasteiger partial charge is 0.254 e. The van der Waals surface area contributed by atoms with Gasteiger partial charge in [0.15, 0.2) is 0 Å². The molecule has 2 aromatic carbocycles. The van der Waals surface area contributed by atoms with E-state index >= 15 is 0 Å². The first-order valence-electron chi connectivity index (χ1n) is 6.44. The Morgan fingerprint density at radius 2 is 2.05 bits per heavy atom. The summed E-state index contributed by atoms with van der Waals surface area (Å²) < 4.78 is 19.2. The van der Waals surface area contributed by atoms with Gasteiger partial charge in [-0.1, -0.05) is 27.5 Å². The summed E-state index contributed by atoms with van der Waals surface area (Å²) in [5.74, 6) is -0.113. The maximum atomic E-state index is 13.4. The van der Waals surface area contributed by atoms with Gasteiger partial charge in [-0.3, -0.25) is 4.79 Å². The second-order valence-corrected chi connectivity index (χ2v) is 6.13. The van der Waals surface area contributed by atoms with Crippen LogP contribution in [0.1, 0.15) is 15.9 Å². The van der Waals surface area contributed by atoms with Gasteiger partial charge in [-0.05, 0) is 36.4 Å². The number of benzene rings is 2. The van der Waals surface area contributed by atoms with E-state index in [2.05, 4.69) is 15.9 Å². The molecule has 0 aromatic heterocycles. The molecule has 6 heteroatoms. The second kappa shape index (κ2) is 7.11. The molecular formula is C16H14BrClFNO2. The standard InChI is InChI=1S/C16H14BrClFNO2/c1-20(9-11-6-13(18)3-4-15(11)22-2)16(21)10-5-12(17)8-14(19)7-10/h3-8H,9H2,1-2H3. The van der Waals surface area contributed by atoms with E-state index < -0.39 is 5.82 Å². The molecule has 1 amide bonds. The Labute approximate surface area is 141 Å². The van der Waals surface area contributed by atoms with Crippen LogP contribution in [0.5, 0.6) is 5.75 Å². The van der Waals surface area contributed by atoms with Crippen molar-refractivity contribution in [2.24, 2.45) is 0 Å². The molecule has 0 N–H and O–H groups in total. The van der Waals surface area contributed by atoms with E-state index in [1.165, 1.54) is 17.0 Å². The van der Waals surface area contributed by atoms with Crippen molar-refractivity contribution in [3.8, 4) is 5.75 Å². The molecule has 0 spiro atoms. The van der Waals surface area contributed by atoms with Gasteiger partial charge in [0.1, 0.15) is 11.6 Å². The van der Waals surface area contributed by atoms with Gasteiger partial charge in [0.05, 0.1) is 7.11 Å². The van der Waals surface area contributed by atoms with Crippen LogP contribution in [-0.4, -0.2) is 25.0 Å². The van der Waals surface area contributed by atoms with Crippen LogP contribution >= 0.6 is 27.5 Å². The van der Waals surface area contributed by atoms with Crippen molar-refractivity contribution in [1.82, 2.24) is 4.90 Å². The summed E-state index contributed by atoms with van der Waals surface area (Å²) in [6.07, 6.45) is 0. The average Bonchev–Trinajstić information content (AvgIpc) is 2.45. The molecule has 0 saturated heterocycles. The lowest BCUT2D eigenvalue weighted by Crippen LogP contribution is -2.26. The number of nitrogens with zero attached hydrogens (tertiary/aromatic N) is 1. The summed E-state index contributed by atoms with van der Waals surface area (Å²) in [6.45, 7) is 0.302. The zero-order valence-electron chi connectivity index (χ0n) is 12.1. The van der Waals surface area contributed by atoms with Gasteiger partial charge in [0, 0.05) is 34.2 Å². The van der Waals surface area contributed by atoms with E-state index in [9.17, 15) is 9.18 Å². The van der Waals surface area contributed by atoms with Crippen molar-refractivity contribution >= 4 is 33.4 Å². The number of rotatable bonds is 4. The predicted molar refractivity (Wildman–Crippen MR) is 87.9 cm³/mol. The third-order valence-electron chi connectivity index (χ3n) is 3.11. The molecule has 0 bridgehead atoms. The van der Waals surface area contributed by atoms with Crippen LogP contribution in [0.3, 0.4) is 0 Å². The van der Waals surface area contributed by atoms with E-state index in [0.717, 1.165) is 5.56 Å². The van der Waals surface area contributed by atoms with E-state index in [1.54, 1.807) is 38.4 Å². The van der Waals surface area contributed by atoms with Crippen LogP contribution in [0.2, 0.25) is 5.02 Å². The number of halogens is 3. The van der Waals surface area contributed by atoms with E-state index in [-0.39, 0.29) is 11.5 Å². The number of ether oxygens (including phenoxy) is 1. The molecule has 0 heterocycles. The van der Waals surface area contributed by atoms with Crippen LogP contribution in [0.4, 0.5) is 4.39 Å². The molecule has 0 fully saturated rings. The topological polar surface area (TPSA) is 29.5 Å². The molecule has 0 aliphatic carbocycles. The van der Waals surface area contributed by atoms with Crippen molar-refractivity contribution in [3.05, 3.63) is 62.8 Å². The Hall–Kier alpha value is -1.59. The van der Waals surface area contributed by atoms with E-state index in [4.69, 9.17) is 16.3 Å². The number of hydrogen-bond donors (Lipinski definition) is 0. The largest absolute Gasteiger partial charge is 0.496 e. The van der Waals surface area contributed by atoms with Crippen LogP contribution in [0.25, 0.3) is 0 Å². The van der Waals surface area contributed by atoms with Gasteiger partial charge in [-0.25, -0.2) is 4.39 Å². The molecule has 116 valence electrons. The zero-order valence-corrected chi connectivity index (χ0v) is 14.4. The lowest BCUT2D eigenvalue weighted by Gasteiger charge is -2.19. The maximum Gasteiger partial charge on any atom is 0.254 e. The number of methoxy groups -OCH3 is 1. The summed E-state index contributed by atoms with van der Waals surface area (Å²) in [6, 6.07) is 9.29. The van der Waals surface area contributed by atoms with Gasteiger partial charge in [-0.15, -0.1) is 0 Å². The Morgan fingerprint density at radius 1 is 1.32 bits per heavy atom. The summed E-state index contributed by atoms with van der Waals surface area (Å²) in [4.78, 5) is 13.9. The van der Waals surface area contributed by atoms with Crippen LogP contribution in [0, 0.1) is 5.82 Å². The van der Waals surface area contributed by atoms with Gasteiger partial charge in [0.2, 0.25) is 0 Å². The van der Waals surface area contributed by atoms with E-state index in [1.807, 2.05) is 0 Å². The van der Waals surface area contributed by atoms with Gasteiger partial charge in [0.25, 0.3) is 5.91 Å². The third kappa shape index (κ3) is 3.99. The fourth-order valence-electron chi connectivity index (χ4n) is 2.10. The third-order valence-corrected chi connectivity index (χ3v) is 3.80. The normalized spacial score (nSPS) is 10.4. The highest BCUT2D eigenvalue weighted by Gasteiger charge is 2.16. The molecule has 2 rings (SSSR count). The second-order valence-electron chi connectivity index (χ2n) is 4.78. The monoisotopic (exact) mass is 385 g/mol. The van der Waals surface area contributed by atoms with Gasteiger partial charge < -0.3 is 9.64 Å². The highest BCUT2D eigenvalue weighted by Crippen LogP contribution is 2.24. The zero-order chi connectivity index (χ0) is 16.3. The minimum atomic E-state index is -0.466. The van der Waals surface area contributed by atoms with E-state index in [0.29, 0.717) is 21.8 Å². The SMILES string of the molecule is COc1ccc(Cl)cc1CN(C)C(=O)c1cc(F)cc(Br)c1. The highest BCUT2D eigenvalue weighted by atomic mass is 79.9. The predicted octanol–water partition coefficient (Wildman–Crippen LogP) is 4.52. The van der Waals surface area contributed by atoms with Crippen LogP contribution in [0.15, 0.2) is 40.9 Å². The molecule has 22 heavy (non-hydrogen) atoms. The van der Waals surface area contributed by atoms with Crippen molar-refractivity contribution in [2.75, 3.05) is 14.2 Å². The first kappa shape index (κ1) is 16.8. The first-order chi connectivity index (χ1) is 10.4. The summed E-state index contributed by atoms with van der Waals surface area (Å²) >= 11 is 9.16. The minimum absolute atomic E-state index is 0.273. The number of carbonyl (C=O) groups excluding carboxylic acids is 1. The van der Waals surface area contributed by atoms with Crippen molar-refractivity contribution in [1.29, 1.82) is 0 Å². The van der Waals surface area contributed by atoms with Crippen LogP contribution in [-0.2, 0) is 6.54 Å². The highest BCUT2D eigenvalue weighted by molar-refractivity contribution is 9.10. The Balaban J connectivity index is 2.23. The molecule has 0 aliphatic rings. The maximum absolute atomic E-state index is 13.4. The van der Waals surface area contributed by atoms with Crippen molar-refractivity contribution in [3.63, 3.8) is 0 Å². The van der Waals surface area contributed by atoms with Crippen LogP contribution < -0.4 is 4.74 Å². The summed E-state index contributed by atoms with van der Waals surface area (Å²) in [5.41, 5.74) is 1.05. The molecule has 0 unspecified atom stereocenters. The lowest BCUT2D eigenvalue weighted by atomic mass is 10.1. The molecule has 0 radical (unpaired) electrons. The van der Waals surface area contributed by atoms with Crippen molar-refractivity contribution in [2.45, 2.75) is 6.54 Å². The minimum Gasteiger partial charge on any atom is -0.496 e. The molecule has 0 aliphatic heterocycles. The molecule has 3 nitrogen and oxygen atoms in total. The summed E-state index contributed by atoms with van der Waals surface area (Å²) in [7, 11) is 3.19. The number of hydrogen-bond acceptors (Lipinski definition) is 2. The fourth-order valence-corrected chi connectivity index (χ4v) is 2.76.